The number of nitrogens with zero attached hydrogens (tertiary/aromatic N) is 2. The minimum absolute atomic E-state index is 0.918. The molecule has 100 valence electrons. The molecule has 1 atom stereocenters. The van der Waals surface area contributed by atoms with Crippen LogP contribution in [0.15, 0.2) is 0 Å². The summed E-state index contributed by atoms with van der Waals surface area (Å²) in [5.74, 6) is 1.88. The molecule has 0 spiro atoms. The molecule has 1 N–H and O–H groups in total. The Morgan fingerprint density at radius 2 is 1.94 bits per heavy atom. The average Bonchev–Trinajstić information content (AvgIpc) is 2.77. The van der Waals surface area contributed by atoms with Crippen LogP contribution in [0.1, 0.15) is 26.2 Å². The molecule has 2 aliphatic heterocycles. The third kappa shape index (κ3) is 4.23. The van der Waals surface area contributed by atoms with Gasteiger partial charge in [0.2, 0.25) is 0 Å². The van der Waals surface area contributed by atoms with Crippen molar-refractivity contribution in [1.29, 1.82) is 0 Å². The van der Waals surface area contributed by atoms with E-state index < -0.39 is 0 Å². The Hall–Kier alpha value is -0.120. The van der Waals surface area contributed by atoms with Gasteiger partial charge in [-0.25, -0.2) is 0 Å². The lowest BCUT2D eigenvalue weighted by Gasteiger charge is -2.27. The van der Waals surface area contributed by atoms with Crippen LogP contribution in [0.2, 0.25) is 0 Å². The molecule has 2 rings (SSSR count). The van der Waals surface area contributed by atoms with Gasteiger partial charge in [0.05, 0.1) is 0 Å². The number of hydrogen-bond donors (Lipinski definition) is 1. The number of piperidine rings is 1. The van der Waals surface area contributed by atoms with E-state index >= 15 is 0 Å². The summed E-state index contributed by atoms with van der Waals surface area (Å²) in [6, 6.07) is 0. The number of nitrogens with one attached hydrogen (secondary N) is 1. The van der Waals surface area contributed by atoms with Gasteiger partial charge in [0.25, 0.3) is 0 Å². The van der Waals surface area contributed by atoms with Crippen molar-refractivity contribution in [3.63, 3.8) is 0 Å². The monoisotopic (exact) mass is 239 g/mol. The molecule has 0 aromatic rings. The highest BCUT2D eigenvalue weighted by Gasteiger charge is 2.25. The van der Waals surface area contributed by atoms with Gasteiger partial charge < -0.3 is 15.1 Å². The predicted molar refractivity (Wildman–Crippen MR) is 73.3 cm³/mol. The van der Waals surface area contributed by atoms with Crippen molar-refractivity contribution in [2.24, 2.45) is 11.8 Å². The predicted octanol–water partition coefficient (Wildman–Crippen LogP) is 1.26. The first-order valence-electron chi connectivity index (χ1n) is 7.39. The van der Waals surface area contributed by atoms with Crippen molar-refractivity contribution in [3.8, 4) is 0 Å². The fourth-order valence-electron chi connectivity index (χ4n) is 3.23. The summed E-state index contributed by atoms with van der Waals surface area (Å²) in [4.78, 5) is 5.17. The molecule has 1 unspecified atom stereocenters. The Kier molecular flexibility index (Phi) is 5.26. The largest absolute Gasteiger partial charge is 0.317 e. The molecule has 3 heteroatoms. The Balaban J connectivity index is 1.66. The van der Waals surface area contributed by atoms with Crippen LogP contribution in [0.4, 0.5) is 0 Å². The van der Waals surface area contributed by atoms with E-state index in [1.807, 2.05) is 0 Å². The average molecular weight is 239 g/mol. The van der Waals surface area contributed by atoms with Crippen LogP contribution in [-0.4, -0.2) is 62.7 Å². The number of rotatable bonds is 5. The molecule has 3 nitrogen and oxygen atoms in total. The second kappa shape index (κ2) is 6.72. The van der Waals surface area contributed by atoms with Crippen molar-refractivity contribution < 1.29 is 0 Å². The molecular weight excluding hydrogens is 210 g/mol. The smallest absolute Gasteiger partial charge is 0.00225 e. The maximum atomic E-state index is 3.46. The van der Waals surface area contributed by atoms with Gasteiger partial charge in [0.15, 0.2) is 0 Å². The highest BCUT2D eigenvalue weighted by Crippen LogP contribution is 2.21. The van der Waals surface area contributed by atoms with E-state index in [0.717, 1.165) is 11.8 Å². The molecule has 0 aliphatic carbocycles. The highest BCUT2D eigenvalue weighted by molar-refractivity contribution is 4.80. The van der Waals surface area contributed by atoms with Gasteiger partial charge in [0.1, 0.15) is 0 Å². The number of hydrogen-bond acceptors (Lipinski definition) is 3. The first-order valence-corrected chi connectivity index (χ1v) is 7.39. The van der Waals surface area contributed by atoms with Crippen molar-refractivity contribution >= 4 is 0 Å². The molecule has 2 aliphatic rings. The lowest BCUT2D eigenvalue weighted by molar-refractivity contribution is 0.224. The summed E-state index contributed by atoms with van der Waals surface area (Å²) in [5, 5.41) is 3.46. The van der Waals surface area contributed by atoms with Gasteiger partial charge >= 0.3 is 0 Å². The van der Waals surface area contributed by atoms with E-state index in [-0.39, 0.29) is 0 Å². The van der Waals surface area contributed by atoms with Crippen LogP contribution in [0.25, 0.3) is 0 Å². The second-order valence-electron chi connectivity index (χ2n) is 5.96. The van der Waals surface area contributed by atoms with Crippen LogP contribution in [0.5, 0.6) is 0 Å². The maximum Gasteiger partial charge on any atom is 0.00225 e. The van der Waals surface area contributed by atoms with Gasteiger partial charge in [-0.05, 0) is 64.3 Å². The van der Waals surface area contributed by atoms with Crippen LogP contribution in [0.3, 0.4) is 0 Å². The summed E-state index contributed by atoms with van der Waals surface area (Å²) in [5.41, 5.74) is 0. The third-order valence-electron chi connectivity index (χ3n) is 4.45. The van der Waals surface area contributed by atoms with Gasteiger partial charge in [-0.15, -0.1) is 0 Å². The molecule has 0 aromatic heterocycles. The fourth-order valence-corrected chi connectivity index (χ4v) is 3.23. The highest BCUT2D eigenvalue weighted by atomic mass is 15.2. The summed E-state index contributed by atoms with van der Waals surface area (Å²) >= 11 is 0. The van der Waals surface area contributed by atoms with E-state index in [1.54, 1.807) is 0 Å². The molecule has 2 heterocycles. The normalized spacial score (nSPS) is 28.1. The van der Waals surface area contributed by atoms with Gasteiger partial charge in [-0.3, -0.25) is 0 Å². The van der Waals surface area contributed by atoms with Crippen LogP contribution < -0.4 is 5.32 Å². The lowest BCUT2D eigenvalue weighted by atomic mass is 9.98. The standard InChI is InChI=1S/C14H29N3/c1-3-16(2)10-14-6-9-17(12-14)11-13-4-7-15-8-5-13/h13-15H,3-12H2,1-2H3. The topological polar surface area (TPSA) is 18.5 Å². The summed E-state index contributed by atoms with van der Waals surface area (Å²) in [6.07, 6.45) is 4.18. The van der Waals surface area contributed by atoms with E-state index in [4.69, 9.17) is 0 Å². The van der Waals surface area contributed by atoms with Crippen molar-refractivity contribution in [2.75, 3.05) is 52.9 Å². The van der Waals surface area contributed by atoms with E-state index in [0.29, 0.717) is 0 Å². The zero-order chi connectivity index (χ0) is 12.1. The van der Waals surface area contributed by atoms with Gasteiger partial charge in [0, 0.05) is 19.6 Å². The van der Waals surface area contributed by atoms with Gasteiger partial charge in [-0.1, -0.05) is 6.92 Å². The summed E-state index contributed by atoms with van der Waals surface area (Å²) in [7, 11) is 2.25. The molecule has 2 saturated heterocycles. The van der Waals surface area contributed by atoms with Crippen molar-refractivity contribution in [3.05, 3.63) is 0 Å². The summed E-state index contributed by atoms with van der Waals surface area (Å²) < 4.78 is 0. The Morgan fingerprint density at radius 3 is 2.65 bits per heavy atom. The first-order chi connectivity index (χ1) is 8.28. The molecule has 0 aromatic carbocycles. The fraction of sp³-hybridized carbons (Fsp3) is 1.00. The molecular formula is C14H29N3. The lowest BCUT2D eigenvalue weighted by Crippen LogP contribution is -2.36. The Bertz CT molecular complexity index is 214. The van der Waals surface area contributed by atoms with Crippen LogP contribution >= 0.6 is 0 Å². The molecule has 2 fully saturated rings. The van der Waals surface area contributed by atoms with E-state index in [9.17, 15) is 0 Å². The second-order valence-corrected chi connectivity index (χ2v) is 5.96. The first kappa shape index (κ1) is 13.3. The van der Waals surface area contributed by atoms with Crippen molar-refractivity contribution in [1.82, 2.24) is 15.1 Å². The Morgan fingerprint density at radius 1 is 1.18 bits per heavy atom. The molecule has 0 radical (unpaired) electrons. The van der Waals surface area contributed by atoms with Crippen LogP contribution in [0, 0.1) is 11.8 Å². The minimum Gasteiger partial charge on any atom is -0.317 e. The molecule has 0 bridgehead atoms. The number of likely N-dealkylation sites (tertiary alicyclic amines) is 1. The quantitative estimate of drug-likeness (QED) is 0.779. The molecule has 0 amide bonds. The van der Waals surface area contributed by atoms with E-state index in [2.05, 4.69) is 29.1 Å². The minimum atomic E-state index is 0.918. The summed E-state index contributed by atoms with van der Waals surface area (Å²) in [6.45, 7) is 11.2. The van der Waals surface area contributed by atoms with Crippen LogP contribution in [-0.2, 0) is 0 Å². The maximum absolute atomic E-state index is 3.46. The van der Waals surface area contributed by atoms with Crippen molar-refractivity contribution in [2.45, 2.75) is 26.2 Å². The molecule has 17 heavy (non-hydrogen) atoms. The SMILES string of the molecule is CCN(C)CC1CCN(CC2CCNCC2)C1. The zero-order valence-corrected chi connectivity index (χ0v) is 11.6. The zero-order valence-electron chi connectivity index (χ0n) is 11.6. The third-order valence-corrected chi connectivity index (χ3v) is 4.45. The molecule has 0 saturated carbocycles. The van der Waals surface area contributed by atoms with E-state index in [1.165, 1.54) is 65.1 Å². The Labute approximate surface area is 107 Å². The van der Waals surface area contributed by atoms with Gasteiger partial charge in [-0.2, -0.15) is 0 Å².